The number of aryl methyl sites for hydroxylation is 1. The fourth-order valence-corrected chi connectivity index (χ4v) is 3.65. The quantitative estimate of drug-likeness (QED) is 0.800. The molecule has 3 aromatic rings. The molecule has 0 spiro atoms. The van der Waals surface area contributed by atoms with Crippen LogP contribution in [0.3, 0.4) is 0 Å². The van der Waals surface area contributed by atoms with Gasteiger partial charge in [-0.05, 0) is 42.0 Å². The van der Waals surface area contributed by atoms with Crippen LogP contribution in [0.15, 0.2) is 40.2 Å². The second-order valence-corrected chi connectivity index (χ2v) is 6.41. The Kier molecular flexibility index (Phi) is 3.46. The Morgan fingerprint density at radius 1 is 1.26 bits per heavy atom. The summed E-state index contributed by atoms with van der Waals surface area (Å²) in [6, 6.07) is 8.04. The molecule has 0 radical (unpaired) electrons. The number of hydrogen-bond acceptors (Lipinski definition) is 4. The lowest BCUT2D eigenvalue weighted by Crippen LogP contribution is -2.24. The number of hydrogen-bond donors (Lipinski definition) is 1. The van der Waals surface area contributed by atoms with Crippen molar-refractivity contribution in [1.29, 1.82) is 0 Å². The second-order valence-electron chi connectivity index (χ2n) is 5.41. The molecule has 1 aromatic carbocycles. The van der Waals surface area contributed by atoms with E-state index in [0.717, 1.165) is 29.5 Å². The summed E-state index contributed by atoms with van der Waals surface area (Å²) in [5, 5.41) is 8.79. The van der Waals surface area contributed by atoms with Crippen LogP contribution in [0.1, 0.15) is 26.5 Å². The summed E-state index contributed by atoms with van der Waals surface area (Å²) in [5.74, 6) is 0.148. The van der Waals surface area contributed by atoms with Gasteiger partial charge < -0.3 is 9.84 Å². The molecule has 4 nitrogen and oxygen atoms in total. The van der Waals surface area contributed by atoms with Gasteiger partial charge in [-0.2, -0.15) is 0 Å². The molecular formula is C17H13FN2O2S. The number of fused-ring (bicyclic) bond motifs is 3. The zero-order valence-corrected chi connectivity index (χ0v) is 13.0. The number of nitrogens with one attached hydrogen (secondary N) is 1. The molecule has 2 heterocycles. The minimum Gasteiger partial charge on any atom is -0.355 e. The van der Waals surface area contributed by atoms with Gasteiger partial charge in [-0.15, -0.1) is 11.3 Å². The molecule has 0 bridgehead atoms. The highest BCUT2D eigenvalue weighted by atomic mass is 32.1. The van der Waals surface area contributed by atoms with E-state index in [-0.39, 0.29) is 11.7 Å². The smallest absolute Gasteiger partial charge is 0.274 e. The highest BCUT2D eigenvalue weighted by Gasteiger charge is 2.28. The van der Waals surface area contributed by atoms with E-state index in [1.165, 1.54) is 17.0 Å². The van der Waals surface area contributed by atoms with Crippen LogP contribution in [0.25, 0.3) is 11.3 Å². The van der Waals surface area contributed by atoms with Gasteiger partial charge in [-0.3, -0.25) is 4.79 Å². The molecule has 0 atom stereocenters. The summed E-state index contributed by atoms with van der Waals surface area (Å²) in [4.78, 5) is 13.6. The highest BCUT2D eigenvalue weighted by Crippen LogP contribution is 2.37. The Morgan fingerprint density at radius 3 is 2.91 bits per heavy atom. The minimum absolute atomic E-state index is 0.266. The first-order chi connectivity index (χ1) is 11.2. The lowest BCUT2D eigenvalue weighted by molar-refractivity contribution is 0.0941. The summed E-state index contributed by atoms with van der Waals surface area (Å²) in [7, 11) is 0. The number of aromatic nitrogens is 1. The van der Waals surface area contributed by atoms with Crippen LogP contribution in [0.4, 0.5) is 4.39 Å². The molecule has 1 aliphatic rings. The standard InChI is InChI=1S/C17H13FN2O2S/c18-11-3-1-10(2-4-11)9-19-17(21)15-13-5-6-14-12(7-8-23-14)16(13)22-20-15/h1-4,7-8H,5-6,9H2,(H,19,21). The van der Waals surface area contributed by atoms with E-state index < -0.39 is 0 Å². The number of nitrogens with zero attached hydrogens (tertiary/aromatic N) is 1. The number of carbonyl (C=O) groups is 1. The summed E-state index contributed by atoms with van der Waals surface area (Å²) in [6.45, 7) is 0.324. The molecule has 2 aromatic heterocycles. The lowest BCUT2D eigenvalue weighted by atomic mass is 9.95. The molecule has 6 heteroatoms. The van der Waals surface area contributed by atoms with Gasteiger partial charge in [-0.25, -0.2) is 4.39 Å². The minimum atomic E-state index is -0.294. The third-order valence-electron chi connectivity index (χ3n) is 3.96. The normalized spacial score (nSPS) is 12.6. The Labute approximate surface area is 135 Å². The summed E-state index contributed by atoms with van der Waals surface area (Å²) in [5.41, 5.74) is 3.09. The van der Waals surface area contributed by atoms with E-state index >= 15 is 0 Å². The van der Waals surface area contributed by atoms with Gasteiger partial charge in [0.1, 0.15) is 5.82 Å². The molecule has 0 aliphatic heterocycles. The number of amides is 1. The molecule has 1 aliphatic carbocycles. The number of halogens is 1. The molecular weight excluding hydrogens is 315 g/mol. The Morgan fingerprint density at radius 2 is 2.09 bits per heavy atom. The van der Waals surface area contributed by atoms with Crippen molar-refractivity contribution >= 4 is 17.2 Å². The lowest BCUT2D eigenvalue weighted by Gasteiger charge is -2.10. The van der Waals surface area contributed by atoms with Crippen molar-refractivity contribution in [3.05, 3.63) is 63.2 Å². The van der Waals surface area contributed by atoms with Crippen LogP contribution in [0.2, 0.25) is 0 Å². The van der Waals surface area contributed by atoms with E-state index in [9.17, 15) is 9.18 Å². The maximum Gasteiger partial charge on any atom is 0.274 e. The monoisotopic (exact) mass is 328 g/mol. The zero-order valence-electron chi connectivity index (χ0n) is 12.1. The number of rotatable bonds is 3. The average Bonchev–Trinajstić information content (AvgIpc) is 3.19. The fraction of sp³-hybridized carbons (Fsp3) is 0.176. The van der Waals surface area contributed by atoms with E-state index in [1.807, 2.05) is 11.4 Å². The molecule has 23 heavy (non-hydrogen) atoms. The largest absolute Gasteiger partial charge is 0.355 e. The van der Waals surface area contributed by atoms with Crippen LogP contribution < -0.4 is 5.32 Å². The maximum absolute atomic E-state index is 12.9. The van der Waals surface area contributed by atoms with E-state index in [2.05, 4.69) is 10.5 Å². The number of benzene rings is 1. The first kappa shape index (κ1) is 14.1. The van der Waals surface area contributed by atoms with Gasteiger partial charge in [0, 0.05) is 22.5 Å². The third-order valence-corrected chi connectivity index (χ3v) is 4.94. The zero-order chi connectivity index (χ0) is 15.8. The van der Waals surface area contributed by atoms with Gasteiger partial charge in [0.2, 0.25) is 0 Å². The van der Waals surface area contributed by atoms with Crippen molar-refractivity contribution in [2.45, 2.75) is 19.4 Å². The van der Waals surface area contributed by atoms with Gasteiger partial charge in [-0.1, -0.05) is 17.3 Å². The Hall–Kier alpha value is -2.47. The number of carbonyl (C=O) groups excluding carboxylic acids is 1. The molecule has 4 rings (SSSR count). The summed E-state index contributed by atoms with van der Waals surface area (Å²) in [6.07, 6.45) is 1.66. The molecule has 1 N–H and O–H groups in total. The SMILES string of the molecule is O=C(NCc1ccc(F)cc1)c1noc2c1CCc1sccc1-2. The Bertz CT molecular complexity index is 867. The fourth-order valence-electron chi connectivity index (χ4n) is 2.77. The Balaban J connectivity index is 1.53. The maximum atomic E-state index is 12.9. The van der Waals surface area contributed by atoms with Gasteiger partial charge in [0.25, 0.3) is 5.91 Å². The molecule has 116 valence electrons. The van der Waals surface area contributed by atoms with Crippen LogP contribution in [-0.4, -0.2) is 11.1 Å². The van der Waals surface area contributed by atoms with Crippen LogP contribution >= 0.6 is 11.3 Å². The number of thiophene rings is 1. The summed E-state index contributed by atoms with van der Waals surface area (Å²) < 4.78 is 18.3. The predicted octanol–water partition coefficient (Wildman–Crippen LogP) is 3.57. The first-order valence-electron chi connectivity index (χ1n) is 7.30. The van der Waals surface area contributed by atoms with E-state index in [0.29, 0.717) is 18.0 Å². The predicted molar refractivity (Wildman–Crippen MR) is 84.8 cm³/mol. The van der Waals surface area contributed by atoms with Crippen LogP contribution in [0.5, 0.6) is 0 Å². The second kappa shape index (κ2) is 5.62. The topological polar surface area (TPSA) is 55.1 Å². The van der Waals surface area contributed by atoms with Crippen molar-refractivity contribution in [3.63, 3.8) is 0 Å². The molecule has 0 saturated heterocycles. The van der Waals surface area contributed by atoms with Crippen molar-refractivity contribution in [2.75, 3.05) is 0 Å². The third kappa shape index (κ3) is 2.55. The molecule has 0 saturated carbocycles. The molecule has 0 unspecified atom stereocenters. The van der Waals surface area contributed by atoms with E-state index in [1.54, 1.807) is 23.5 Å². The summed E-state index contributed by atoms with van der Waals surface area (Å²) >= 11 is 1.70. The van der Waals surface area contributed by atoms with Gasteiger partial charge in [0.15, 0.2) is 11.5 Å². The van der Waals surface area contributed by atoms with Crippen LogP contribution in [0, 0.1) is 5.82 Å². The first-order valence-corrected chi connectivity index (χ1v) is 8.18. The average molecular weight is 328 g/mol. The van der Waals surface area contributed by atoms with Crippen molar-refractivity contribution in [1.82, 2.24) is 10.5 Å². The van der Waals surface area contributed by atoms with E-state index in [4.69, 9.17) is 4.52 Å². The molecule has 1 amide bonds. The van der Waals surface area contributed by atoms with Crippen LogP contribution in [-0.2, 0) is 19.4 Å². The highest BCUT2D eigenvalue weighted by molar-refractivity contribution is 7.10. The van der Waals surface area contributed by atoms with Gasteiger partial charge in [0.05, 0.1) is 0 Å². The van der Waals surface area contributed by atoms with Gasteiger partial charge >= 0.3 is 0 Å². The van der Waals surface area contributed by atoms with Crippen molar-refractivity contribution < 1.29 is 13.7 Å². The van der Waals surface area contributed by atoms with Crippen molar-refractivity contribution in [3.8, 4) is 11.3 Å². The molecule has 0 fully saturated rings. The van der Waals surface area contributed by atoms with Crippen molar-refractivity contribution in [2.24, 2.45) is 0 Å².